The van der Waals surface area contributed by atoms with E-state index in [0.717, 1.165) is 0 Å². The summed E-state index contributed by atoms with van der Waals surface area (Å²) >= 11 is 0. The number of hydrazine groups is 1. The van der Waals surface area contributed by atoms with Crippen LogP contribution in [0.3, 0.4) is 0 Å². The van der Waals surface area contributed by atoms with Gasteiger partial charge in [0.1, 0.15) is 0 Å². The lowest BCUT2D eigenvalue weighted by Crippen LogP contribution is -2.33. The molecule has 0 aromatic heterocycles. The maximum absolute atomic E-state index is 10.5. The van der Waals surface area contributed by atoms with Gasteiger partial charge in [-0.05, 0) is 0 Å². The molecule has 0 aliphatic carbocycles. The molecule has 10 heavy (non-hydrogen) atoms. The highest BCUT2D eigenvalue weighted by Crippen LogP contribution is 1.81. The summed E-state index contributed by atoms with van der Waals surface area (Å²) in [6.45, 7) is 2.01. The number of ether oxygens (including phenoxy) is 1. The Morgan fingerprint density at radius 3 is 2.60 bits per heavy atom. The molecule has 1 N–H and O–H groups in total. The molecule has 0 fully saturated rings. The van der Waals surface area contributed by atoms with E-state index in [1.54, 1.807) is 11.9 Å². The van der Waals surface area contributed by atoms with E-state index in [1.165, 1.54) is 0 Å². The number of rotatable bonds is 4. The first-order chi connectivity index (χ1) is 4.66. The Balaban J connectivity index is 3.12. The van der Waals surface area contributed by atoms with Crippen molar-refractivity contribution in [2.45, 2.75) is 13.3 Å². The lowest BCUT2D eigenvalue weighted by molar-refractivity contribution is -0.145. The van der Waals surface area contributed by atoms with E-state index in [2.05, 4.69) is 5.43 Å². The van der Waals surface area contributed by atoms with Gasteiger partial charge in [-0.1, -0.05) is 6.92 Å². The van der Waals surface area contributed by atoms with Crippen LogP contribution in [-0.4, -0.2) is 31.8 Å². The highest BCUT2D eigenvalue weighted by molar-refractivity contribution is 5.68. The molecule has 0 unspecified atom stereocenters. The molecule has 0 aliphatic heterocycles. The lowest BCUT2D eigenvalue weighted by Gasteiger charge is -2.11. The van der Waals surface area contributed by atoms with Gasteiger partial charge >= 0.3 is 5.97 Å². The predicted octanol–water partition coefficient (Wildman–Crippen LogP) is -0.0367. The van der Waals surface area contributed by atoms with Crippen LogP contribution in [0.1, 0.15) is 13.3 Å². The highest BCUT2D eigenvalue weighted by atomic mass is 16.5. The molecule has 0 heterocycles. The fourth-order valence-corrected chi connectivity index (χ4v) is 0.344. The Morgan fingerprint density at radius 2 is 2.20 bits per heavy atom. The normalized spacial score (nSPS) is 10.0. The molecule has 4 heteroatoms. The summed E-state index contributed by atoms with van der Waals surface area (Å²) < 4.78 is 4.71. The van der Waals surface area contributed by atoms with Gasteiger partial charge < -0.3 is 4.74 Å². The first kappa shape index (κ1) is 9.39. The molecular weight excluding hydrogens is 132 g/mol. The van der Waals surface area contributed by atoms with Crippen molar-refractivity contribution in [3.8, 4) is 0 Å². The smallest absolute Gasteiger partial charge is 0.306 e. The number of hydrogen-bond donors (Lipinski definition) is 1. The van der Waals surface area contributed by atoms with Gasteiger partial charge in [-0.15, -0.1) is 0 Å². The lowest BCUT2D eigenvalue weighted by atomic mass is 10.5. The van der Waals surface area contributed by atoms with Crippen LogP contribution in [0.2, 0.25) is 0 Å². The van der Waals surface area contributed by atoms with Gasteiger partial charge in [0.2, 0.25) is 0 Å². The Bertz CT molecular complexity index is 104. The summed E-state index contributed by atoms with van der Waals surface area (Å²) in [5.74, 6) is -0.186. The second-order valence-corrected chi connectivity index (χ2v) is 2.07. The molecule has 0 bridgehead atoms. The van der Waals surface area contributed by atoms with Gasteiger partial charge in [0, 0.05) is 20.5 Å². The largest absolute Gasteiger partial charge is 0.448 e. The van der Waals surface area contributed by atoms with E-state index in [1.807, 2.05) is 14.1 Å². The second kappa shape index (κ2) is 5.20. The van der Waals surface area contributed by atoms with Gasteiger partial charge in [0.15, 0.2) is 6.73 Å². The van der Waals surface area contributed by atoms with Gasteiger partial charge in [-0.2, -0.15) is 0 Å². The molecule has 0 amide bonds. The molecular formula is C6H14N2O2. The number of nitrogens with zero attached hydrogens (tertiary/aromatic N) is 1. The summed E-state index contributed by atoms with van der Waals surface area (Å²) in [7, 11) is 3.67. The summed E-state index contributed by atoms with van der Waals surface area (Å²) in [4.78, 5) is 10.5. The monoisotopic (exact) mass is 146 g/mol. The Morgan fingerprint density at radius 1 is 1.60 bits per heavy atom. The Hall–Kier alpha value is -0.610. The van der Waals surface area contributed by atoms with Crippen molar-refractivity contribution in [1.82, 2.24) is 10.4 Å². The van der Waals surface area contributed by atoms with Crippen LogP contribution in [0.5, 0.6) is 0 Å². The Kier molecular flexibility index (Phi) is 4.88. The first-order valence-corrected chi connectivity index (χ1v) is 3.23. The summed E-state index contributed by atoms with van der Waals surface area (Å²) in [5, 5.41) is 1.73. The van der Waals surface area contributed by atoms with Crippen LogP contribution in [-0.2, 0) is 9.53 Å². The van der Waals surface area contributed by atoms with Crippen LogP contribution in [0, 0.1) is 0 Å². The molecule has 0 radical (unpaired) electrons. The molecule has 0 saturated carbocycles. The van der Waals surface area contributed by atoms with Crippen molar-refractivity contribution in [3.63, 3.8) is 0 Å². The summed E-state index contributed by atoms with van der Waals surface area (Å²) in [6, 6.07) is 0. The molecule has 4 nitrogen and oxygen atoms in total. The number of nitrogens with one attached hydrogen (secondary N) is 1. The molecule has 0 rings (SSSR count). The van der Waals surface area contributed by atoms with E-state index < -0.39 is 0 Å². The van der Waals surface area contributed by atoms with Crippen molar-refractivity contribution >= 4 is 5.97 Å². The van der Waals surface area contributed by atoms with Crippen LogP contribution in [0.4, 0.5) is 0 Å². The van der Waals surface area contributed by atoms with Crippen LogP contribution >= 0.6 is 0 Å². The maximum atomic E-state index is 10.5. The van der Waals surface area contributed by atoms with Gasteiger partial charge in [-0.25, -0.2) is 10.4 Å². The third-order valence-corrected chi connectivity index (χ3v) is 0.903. The molecule has 0 atom stereocenters. The highest BCUT2D eigenvalue weighted by Gasteiger charge is 1.95. The standard InChI is InChI=1S/C6H14N2O2/c1-4-6(9)10-5-7-8(2)3/h7H,4-5H2,1-3H3. The van der Waals surface area contributed by atoms with E-state index >= 15 is 0 Å². The van der Waals surface area contributed by atoms with E-state index in [0.29, 0.717) is 6.42 Å². The second-order valence-electron chi connectivity index (χ2n) is 2.07. The minimum atomic E-state index is -0.186. The number of hydrogen-bond acceptors (Lipinski definition) is 4. The fraction of sp³-hybridized carbons (Fsp3) is 0.833. The quantitative estimate of drug-likeness (QED) is 0.343. The predicted molar refractivity (Wildman–Crippen MR) is 38.1 cm³/mol. The van der Waals surface area contributed by atoms with Crippen molar-refractivity contribution in [2.24, 2.45) is 0 Å². The average molecular weight is 146 g/mol. The van der Waals surface area contributed by atoms with Crippen molar-refractivity contribution in [3.05, 3.63) is 0 Å². The van der Waals surface area contributed by atoms with Crippen LogP contribution in [0.25, 0.3) is 0 Å². The van der Waals surface area contributed by atoms with Gasteiger partial charge in [0.25, 0.3) is 0 Å². The van der Waals surface area contributed by atoms with Crippen LogP contribution < -0.4 is 5.43 Å². The minimum absolute atomic E-state index is 0.186. The zero-order chi connectivity index (χ0) is 7.98. The van der Waals surface area contributed by atoms with E-state index in [4.69, 9.17) is 4.74 Å². The van der Waals surface area contributed by atoms with Gasteiger partial charge in [-0.3, -0.25) is 4.79 Å². The van der Waals surface area contributed by atoms with Crippen molar-refractivity contribution in [2.75, 3.05) is 20.8 Å². The molecule has 60 valence electrons. The first-order valence-electron chi connectivity index (χ1n) is 3.23. The number of carbonyl (C=O) groups excluding carboxylic acids is 1. The van der Waals surface area contributed by atoms with Gasteiger partial charge in [0.05, 0.1) is 0 Å². The SMILES string of the molecule is CCC(=O)OCNN(C)C. The molecule has 0 aromatic carbocycles. The summed E-state index contributed by atoms with van der Waals surface area (Å²) in [5.41, 5.74) is 2.80. The zero-order valence-corrected chi connectivity index (χ0v) is 6.68. The molecule has 0 spiro atoms. The third kappa shape index (κ3) is 5.53. The van der Waals surface area contributed by atoms with Crippen molar-refractivity contribution in [1.29, 1.82) is 0 Å². The topological polar surface area (TPSA) is 41.6 Å². The fourth-order valence-electron chi connectivity index (χ4n) is 0.344. The van der Waals surface area contributed by atoms with E-state index in [9.17, 15) is 4.79 Å². The molecule has 0 aromatic rings. The zero-order valence-electron chi connectivity index (χ0n) is 6.68. The van der Waals surface area contributed by atoms with Crippen LogP contribution in [0.15, 0.2) is 0 Å². The molecule has 0 aliphatic rings. The van der Waals surface area contributed by atoms with Crippen molar-refractivity contribution < 1.29 is 9.53 Å². The number of esters is 1. The average Bonchev–Trinajstić information content (AvgIpc) is 1.87. The minimum Gasteiger partial charge on any atom is -0.448 e. The summed E-state index contributed by atoms with van der Waals surface area (Å²) in [6.07, 6.45) is 0.426. The maximum Gasteiger partial charge on any atom is 0.306 e. The molecule has 0 saturated heterocycles. The van der Waals surface area contributed by atoms with E-state index in [-0.39, 0.29) is 12.7 Å². The third-order valence-electron chi connectivity index (χ3n) is 0.903. The number of carbonyl (C=O) groups is 1. The Labute approximate surface area is 61.1 Å².